The molecule has 6 nitrogen and oxygen atoms in total. The molecule has 1 aliphatic rings. The van der Waals surface area contributed by atoms with Crippen LogP contribution in [0.15, 0.2) is 42.7 Å². The molecule has 1 N–H and O–H groups in total. The summed E-state index contributed by atoms with van der Waals surface area (Å²) in [5.74, 6) is 2.00. The zero-order valence-electron chi connectivity index (χ0n) is 13.5. The molecule has 25 heavy (non-hydrogen) atoms. The lowest BCUT2D eigenvalue weighted by Gasteiger charge is -2.26. The number of nitrogens with zero attached hydrogens (tertiary/aromatic N) is 2. The zero-order chi connectivity index (χ0) is 17.2. The van der Waals surface area contributed by atoms with Crippen molar-refractivity contribution in [1.82, 2.24) is 9.97 Å². The summed E-state index contributed by atoms with van der Waals surface area (Å²) >= 11 is 6.05. The first-order valence-corrected chi connectivity index (χ1v) is 8.20. The molecule has 7 heteroatoms. The Morgan fingerprint density at radius 2 is 2.16 bits per heavy atom. The van der Waals surface area contributed by atoms with Crippen LogP contribution in [0.2, 0.25) is 5.02 Å². The highest BCUT2D eigenvalue weighted by atomic mass is 35.5. The number of anilines is 2. The molecule has 0 amide bonds. The maximum absolute atomic E-state index is 6.05. The third-order valence-electron chi connectivity index (χ3n) is 3.86. The highest BCUT2D eigenvalue weighted by Gasteiger charge is 2.22. The molecule has 0 aliphatic carbocycles. The standard InChI is InChI=1S/C18H16ClN3O3/c1-23-8-13-9-24-16-7-15-14(6-17(16)25-13)18(21-10-20-15)22-12-4-2-3-11(19)5-12/h2-7,10,13H,8-9H2,1H3,(H,20,21,22). The Balaban J connectivity index is 1.72. The van der Waals surface area contributed by atoms with Crippen molar-refractivity contribution < 1.29 is 14.2 Å². The molecule has 0 spiro atoms. The topological polar surface area (TPSA) is 65.5 Å². The smallest absolute Gasteiger partial charge is 0.163 e. The van der Waals surface area contributed by atoms with Crippen molar-refractivity contribution in [3.63, 3.8) is 0 Å². The van der Waals surface area contributed by atoms with Gasteiger partial charge in [0.15, 0.2) is 17.6 Å². The summed E-state index contributed by atoms with van der Waals surface area (Å²) in [5, 5.41) is 4.76. The average Bonchev–Trinajstić information content (AvgIpc) is 2.61. The van der Waals surface area contributed by atoms with E-state index in [1.54, 1.807) is 7.11 Å². The van der Waals surface area contributed by atoms with Gasteiger partial charge in [-0.3, -0.25) is 0 Å². The van der Waals surface area contributed by atoms with E-state index in [0.717, 1.165) is 16.6 Å². The van der Waals surface area contributed by atoms with Crippen LogP contribution in [0.3, 0.4) is 0 Å². The van der Waals surface area contributed by atoms with E-state index in [9.17, 15) is 0 Å². The van der Waals surface area contributed by atoms with Crippen molar-refractivity contribution in [1.29, 1.82) is 0 Å². The Hall–Kier alpha value is -2.57. The molecule has 1 aromatic heterocycles. The first-order chi connectivity index (χ1) is 12.2. The van der Waals surface area contributed by atoms with E-state index in [1.807, 2.05) is 36.4 Å². The van der Waals surface area contributed by atoms with E-state index in [2.05, 4.69) is 15.3 Å². The Bertz CT molecular complexity index is 919. The summed E-state index contributed by atoms with van der Waals surface area (Å²) in [6.07, 6.45) is 1.38. The second kappa shape index (κ2) is 6.74. The number of methoxy groups -OCH3 is 1. The van der Waals surface area contributed by atoms with Gasteiger partial charge >= 0.3 is 0 Å². The van der Waals surface area contributed by atoms with Crippen molar-refractivity contribution in [3.05, 3.63) is 47.7 Å². The van der Waals surface area contributed by atoms with Gasteiger partial charge in [0.05, 0.1) is 12.1 Å². The fourth-order valence-corrected chi connectivity index (χ4v) is 2.93. The molecule has 1 unspecified atom stereocenters. The van der Waals surface area contributed by atoms with Crippen molar-refractivity contribution in [2.24, 2.45) is 0 Å². The van der Waals surface area contributed by atoms with Gasteiger partial charge in [-0.25, -0.2) is 9.97 Å². The summed E-state index contributed by atoms with van der Waals surface area (Å²) in [7, 11) is 1.64. The van der Waals surface area contributed by atoms with Gasteiger partial charge in [-0.15, -0.1) is 0 Å². The number of ether oxygens (including phenoxy) is 3. The Labute approximate surface area is 149 Å². The molecule has 0 bridgehead atoms. The van der Waals surface area contributed by atoms with Crippen molar-refractivity contribution in [3.8, 4) is 11.5 Å². The lowest BCUT2D eigenvalue weighted by atomic mass is 10.2. The Morgan fingerprint density at radius 3 is 3.00 bits per heavy atom. The normalized spacial score (nSPS) is 16.0. The summed E-state index contributed by atoms with van der Waals surface area (Å²) < 4.78 is 16.9. The number of nitrogens with one attached hydrogen (secondary N) is 1. The molecule has 0 saturated heterocycles. The minimum atomic E-state index is -0.135. The van der Waals surface area contributed by atoms with Gasteiger partial charge in [0.1, 0.15) is 18.8 Å². The molecular formula is C18H16ClN3O3. The summed E-state index contributed by atoms with van der Waals surface area (Å²) in [6.45, 7) is 0.918. The monoisotopic (exact) mass is 357 g/mol. The minimum Gasteiger partial charge on any atom is -0.486 e. The van der Waals surface area contributed by atoms with Crippen LogP contribution in [0.5, 0.6) is 11.5 Å². The Kier molecular flexibility index (Phi) is 4.29. The fraction of sp³-hybridized carbons (Fsp3) is 0.222. The molecule has 4 rings (SSSR count). The van der Waals surface area contributed by atoms with Crippen LogP contribution < -0.4 is 14.8 Å². The van der Waals surface area contributed by atoms with Gasteiger partial charge in [-0.2, -0.15) is 0 Å². The molecule has 2 aromatic carbocycles. The lowest BCUT2D eigenvalue weighted by molar-refractivity contribution is 0.0274. The molecule has 1 atom stereocenters. The number of rotatable bonds is 4. The second-order valence-electron chi connectivity index (χ2n) is 5.68. The maximum atomic E-state index is 6.05. The minimum absolute atomic E-state index is 0.135. The highest BCUT2D eigenvalue weighted by Crippen LogP contribution is 2.37. The number of hydrogen-bond acceptors (Lipinski definition) is 6. The molecule has 2 heterocycles. The third kappa shape index (κ3) is 3.31. The fourth-order valence-electron chi connectivity index (χ4n) is 2.74. The van der Waals surface area contributed by atoms with Crippen LogP contribution in [-0.2, 0) is 4.74 Å². The van der Waals surface area contributed by atoms with Crippen molar-refractivity contribution in [2.75, 3.05) is 25.6 Å². The molecular weight excluding hydrogens is 342 g/mol. The number of hydrogen-bond donors (Lipinski definition) is 1. The quantitative estimate of drug-likeness (QED) is 0.765. The zero-order valence-corrected chi connectivity index (χ0v) is 14.3. The van der Waals surface area contributed by atoms with E-state index < -0.39 is 0 Å². The van der Waals surface area contributed by atoms with Crippen molar-refractivity contribution in [2.45, 2.75) is 6.10 Å². The first-order valence-electron chi connectivity index (χ1n) is 7.82. The van der Waals surface area contributed by atoms with Crippen molar-refractivity contribution >= 4 is 34.0 Å². The van der Waals surface area contributed by atoms with Gasteiger partial charge in [-0.05, 0) is 24.3 Å². The number of benzene rings is 2. The van der Waals surface area contributed by atoms with E-state index in [4.69, 9.17) is 25.8 Å². The number of fused-ring (bicyclic) bond motifs is 2. The molecule has 0 fully saturated rings. The second-order valence-corrected chi connectivity index (χ2v) is 6.12. The molecule has 1 aliphatic heterocycles. The van der Waals surface area contributed by atoms with E-state index >= 15 is 0 Å². The third-order valence-corrected chi connectivity index (χ3v) is 4.09. The van der Waals surface area contributed by atoms with Gasteiger partial charge < -0.3 is 19.5 Å². The number of aromatic nitrogens is 2. The van der Waals surface area contributed by atoms with Crippen LogP contribution >= 0.6 is 11.6 Å². The molecule has 0 radical (unpaired) electrons. The molecule has 0 saturated carbocycles. The van der Waals surface area contributed by atoms with Gasteiger partial charge in [0.2, 0.25) is 0 Å². The van der Waals surface area contributed by atoms with Crippen LogP contribution in [0.4, 0.5) is 11.5 Å². The van der Waals surface area contributed by atoms with E-state index in [-0.39, 0.29) is 6.10 Å². The lowest BCUT2D eigenvalue weighted by Crippen LogP contribution is -2.32. The van der Waals surface area contributed by atoms with E-state index in [1.165, 1.54) is 6.33 Å². The predicted molar refractivity (Wildman–Crippen MR) is 96.1 cm³/mol. The van der Waals surface area contributed by atoms with Gasteiger partial charge in [0.25, 0.3) is 0 Å². The van der Waals surface area contributed by atoms with Crippen LogP contribution in [0, 0.1) is 0 Å². The predicted octanol–water partition coefficient (Wildman–Crippen LogP) is 3.81. The SMILES string of the molecule is COCC1COc2cc3ncnc(Nc4cccc(Cl)c4)c3cc2O1. The highest BCUT2D eigenvalue weighted by molar-refractivity contribution is 6.30. The molecule has 128 valence electrons. The first kappa shape index (κ1) is 15.9. The van der Waals surface area contributed by atoms with E-state index in [0.29, 0.717) is 35.6 Å². The summed E-state index contributed by atoms with van der Waals surface area (Å²) in [5.41, 5.74) is 1.62. The summed E-state index contributed by atoms with van der Waals surface area (Å²) in [4.78, 5) is 8.68. The summed E-state index contributed by atoms with van der Waals surface area (Å²) in [6, 6.07) is 11.2. The molecule has 3 aromatic rings. The van der Waals surface area contributed by atoms with Crippen LogP contribution in [0.25, 0.3) is 10.9 Å². The largest absolute Gasteiger partial charge is 0.486 e. The van der Waals surface area contributed by atoms with Crippen LogP contribution in [-0.4, -0.2) is 36.4 Å². The number of halogens is 1. The van der Waals surface area contributed by atoms with Gasteiger partial charge in [-0.1, -0.05) is 17.7 Å². The maximum Gasteiger partial charge on any atom is 0.163 e. The Morgan fingerprint density at radius 1 is 1.24 bits per heavy atom. The van der Waals surface area contributed by atoms with Gasteiger partial charge in [0, 0.05) is 29.3 Å². The van der Waals surface area contributed by atoms with Crippen LogP contribution in [0.1, 0.15) is 0 Å². The average molecular weight is 358 g/mol.